The van der Waals surface area contributed by atoms with E-state index in [-0.39, 0.29) is 10.8 Å². The van der Waals surface area contributed by atoms with Crippen LogP contribution in [-0.2, 0) is 0 Å². The third-order valence-electron chi connectivity index (χ3n) is 3.78. The monoisotopic (exact) mass is 355 g/mol. The first kappa shape index (κ1) is 16.9. The van der Waals surface area contributed by atoms with E-state index >= 15 is 0 Å². The van der Waals surface area contributed by atoms with Gasteiger partial charge in [0, 0.05) is 16.7 Å². The molecule has 0 saturated carbocycles. The number of halogens is 1. The van der Waals surface area contributed by atoms with Gasteiger partial charge in [-0.25, -0.2) is 4.99 Å². The van der Waals surface area contributed by atoms with Gasteiger partial charge in [-0.05, 0) is 24.3 Å². The molecule has 5 nitrogen and oxygen atoms in total. The van der Waals surface area contributed by atoms with Crippen LogP contribution in [0.15, 0.2) is 58.6 Å². The number of rotatable bonds is 3. The van der Waals surface area contributed by atoms with Crippen LogP contribution in [0.5, 0.6) is 11.5 Å². The second-order valence-corrected chi connectivity index (χ2v) is 5.65. The molecule has 0 saturated heterocycles. The Morgan fingerprint density at radius 3 is 2.36 bits per heavy atom. The summed E-state index contributed by atoms with van der Waals surface area (Å²) in [6, 6.07) is 11.7. The molecule has 0 heterocycles. The summed E-state index contributed by atoms with van der Waals surface area (Å²) < 4.78 is 10.4. The molecule has 126 valence electrons. The zero-order chi connectivity index (χ0) is 18.0. The van der Waals surface area contributed by atoms with Crippen LogP contribution < -0.4 is 9.47 Å². The zero-order valence-corrected chi connectivity index (χ0v) is 14.3. The van der Waals surface area contributed by atoms with Crippen molar-refractivity contribution in [3.05, 3.63) is 70.3 Å². The molecule has 1 aliphatic rings. The average Bonchev–Trinajstić information content (AvgIpc) is 2.65. The molecule has 25 heavy (non-hydrogen) atoms. The molecule has 1 amide bonds. The molecule has 0 radical (unpaired) electrons. The number of ether oxygens (including phenoxy) is 2. The number of amides is 1. The van der Waals surface area contributed by atoms with Gasteiger partial charge in [-0.2, -0.15) is 0 Å². The first-order chi connectivity index (χ1) is 12.0. The number of hydrogen-bond donors (Lipinski definition) is 0. The number of hydrogen-bond acceptors (Lipinski definition) is 4. The van der Waals surface area contributed by atoms with E-state index in [0.29, 0.717) is 33.9 Å². The maximum atomic E-state index is 12.5. The Hall–Kier alpha value is -2.92. The molecule has 0 spiro atoms. The molecule has 3 rings (SSSR count). The second-order valence-electron chi connectivity index (χ2n) is 5.24. The van der Waals surface area contributed by atoms with Gasteiger partial charge in [-0.3, -0.25) is 9.59 Å². The maximum absolute atomic E-state index is 12.5. The zero-order valence-electron chi connectivity index (χ0n) is 13.6. The van der Waals surface area contributed by atoms with Crippen LogP contribution in [0, 0.1) is 0 Å². The molecule has 0 fully saturated rings. The van der Waals surface area contributed by atoms with Gasteiger partial charge in [0.1, 0.15) is 0 Å². The van der Waals surface area contributed by atoms with Crippen molar-refractivity contribution in [2.45, 2.75) is 0 Å². The van der Waals surface area contributed by atoms with E-state index in [4.69, 9.17) is 21.1 Å². The Balaban J connectivity index is 2.03. The van der Waals surface area contributed by atoms with Crippen molar-refractivity contribution in [2.24, 2.45) is 4.99 Å². The summed E-state index contributed by atoms with van der Waals surface area (Å²) in [7, 11) is 3.01. The number of benzene rings is 2. The molecule has 2 aromatic carbocycles. The first-order valence-corrected chi connectivity index (χ1v) is 7.79. The van der Waals surface area contributed by atoms with Gasteiger partial charge in [-0.15, -0.1) is 0 Å². The van der Waals surface area contributed by atoms with E-state index in [1.165, 1.54) is 20.3 Å². The van der Waals surface area contributed by atoms with Gasteiger partial charge < -0.3 is 9.47 Å². The van der Waals surface area contributed by atoms with Crippen molar-refractivity contribution in [1.29, 1.82) is 0 Å². The molecular formula is C19H14ClNO4. The van der Waals surface area contributed by atoms with E-state index in [1.807, 2.05) is 0 Å². The summed E-state index contributed by atoms with van der Waals surface area (Å²) in [6.45, 7) is 0. The highest BCUT2D eigenvalue weighted by atomic mass is 35.5. The minimum Gasteiger partial charge on any atom is -0.493 e. The number of aliphatic imine (C=N–C) groups is 1. The smallest absolute Gasteiger partial charge is 0.277 e. The number of carbonyl (C=O) groups excluding carboxylic acids is 2. The fourth-order valence-corrected chi connectivity index (χ4v) is 2.74. The lowest BCUT2D eigenvalue weighted by atomic mass is 9.94. The highest BCUT2D eigenvalue weighted by molar-refractivity contribution is 6.49. The van der Waals surface area contributed by atoms with Gasteiger partial charge >= 0.3 is 0 Å². The molecule has 6 heteroatoms. The van der Waals surface area contributed by atoms with Gasteiger partial charge in [0.25, 0.3) is 5.91 Å². The van der Waals surface area contributed by atoms with E-state index in [2.05, 4.69) is 4.99 Å². The van der Waals surface area contributed by atoms with Crippen molar-refractivity contribution in [3.8, 4) is 11.5 Å². The first-order valence-electron chi connectivity index (χ1n) is 7.41. The standard InChI is InChI=1S/C19H14ClNO4/c1-24-16-8-7-11(9-17(16)25-2)19(23)21-15-10-14(20)18(22)13-6-4-3-5-12(13)15/h3-10H,1-2H3. The number of carbonyl (C=O) groups is 2. The van der Waals surface area contributed by atoms with Crippen molar-refractivity contribution >= 4 is 29.0 Å². The Morgan fingerprint density at radius 2 is 1.68 bits per heavy atom. The molecule has 0 aliphatic heterocycles. The predicted octanol–water partition coefficient (Wildman–Crippen LogP) is 3.65. The van der Waals surface area contributed by atoms with Gasteiger partial charge in [0.2, 0.25) is 5.78 Å². The van der Waals surface area contributed by atoms with E-state index in [9.17, 15) is 9.59 Å². The third-order valence-corrected chi connectivity index (χ3v) is 4.06. The highest BCUT2D eigenvalue weighted by Gasteiger charge is 2.23. The molecule has 0 bridgehead atoms. The van der Waals surface area contributed by atoms with Crippen molar-refractivity contribution < 1.29 is 19.1 Å². The van der Waals surface area contributed by atoms with Gasteiger partial charge in [-0.1, -0.05) is 35.9 Å². The van der Waals surface area contributed by atoms with Crippen LogP contribution in [-0.4, -0.2) is 31.6 Å². The number of allylic oxidation sites excluding steroid dienone is 2. The Labute approximate surface area is 149 Å². The third kappa shape index (κ3) is 3.19. The summed E-state index contributed by atoms with van der Waals surface area (Å²) in [4.78, 5) is 28.8. The van der Waals surface area contributed by atoms with E-state index < -0.39 is 5.91 Å². The molecule has 0 atom stereocenters. The predicted molar refractivity (Wildman–Crippen MR) is 95.1 cm³/mol. The number of nitrogens with zero attached hydrogens (tertiary/aromatic N) is 1. The largest absolute Gasteiger partial charge is 0.493 e. The fourth-order valence-electron chi connectivity index (χ4n) is 2.53. The summed E-state index contributed by atoms with van der Waals surface area (Å²) in [5.41, 5.74) is 1.68. The fraction of sp³-hybridized carbons (Fsp3) is 0.105. The number of fused-ring (bicyclic) bond motifs is 1. The minimum atomic E-state index is -0.471. The second kappa shape index (κ2) is 6.91. The van der Waals surface area contributed by atoms with Crippen LogP contribution in [0.25, 0.3) is 0 Å². The summed E-state index contributed by atoms with van der Waals surface area (Å²) >= 11 is 5.99. The van der Waals surface area contributed by atoms with Crippen LogP contribution >= 0.6 is 11.6 Å². The molecule has 1 aliphatic carbocycles. The average molecular weight is 356 g/mol. The highest BCUT2D eigenvalue weighted by Crippen LogP contribution is 2.28. The van der Waals surface area contributed by atoms with Crippen molar-refractivity contribution in [1.82, 2.24) is 0 Å². The number of Topliss-reactive ketones (excluding diaryl/α,β-unsaturated/α-hetero) is 1. The van der Waals surface area contributed by atoms with Crippen LogP contribution in [0.4, 0.5) is 0 Å². The van der Waals surface area contributed by atoms with E-state index in [1.54, 1.807) is 42.5 Å². The normalized spacial score (nSPS) is 14.8. The quantitative estimate of drug-likeness (QED) is 0.843. The molecule has 0 aromatic heterocycles. The van der Waals surface area contributed by atoms with E-state index in [0.717, 1.165) is 0 Å². The van der Waals surface area contributed by atoms with Crippen LogP contribution in [0.1, 0.15) is 26.3 Å². The van der Waals surface area contributed by atoms with Crippen LogP contribution in [0.3, 0.4) is 0 Å². The summed E-state index contributed by atoms with van der Waals surface area (Å²) in [6.07, 6.45) is 1.41. The Morgan fingerprint density at radius 1 is 1.00 bits per heavy atom. The summed E-state index contributed by atoms with van der Waals surface area (Å²) in [5.74, 6) is 0.195. The Kier molecular flexibility index (Phi) is 4.67. The lowest BCUT2D eigenvalue weighted by molar-refractivity contribution is 0.0999. The maximum Gasteiger partial charge on any atom is 0.277 e. The lowest BCUT2D eigenvalue weighted by Crippen LogP contribution is -2.16. The number of ketones is 1. The lowest BCUT2D eigenvalue weighted by Gasteiger charge is -2.14. The van der Waals surface area contributed by atoms with Gasteiger partial charge in [0.15, 0.2) is 11.5 Å². The van der Waals surface area contributed by atoms with Crippen molar-refractivity contribution in [2.75, 3.05) is 14.2 Å². The topological polar surface area (TPSA) is 65.0 Å². The van der Waals surface area contributed by atoms with Crippen LogP contribution in [0.2, 0.25) is 0 Å². The van der Waals surface area contributed by atoms with Crippen molar-refractivity contribution in [3.63, 3.8) is 0 Å². The molecule has 2 aromatic rings. The molecule has 0 unspecified atom stereocenters. The number of methoxy groups -OCH3 is 2. The molecule has 0 N–H and O–H groups in total. The minimum absolute atomic E-state index is 0.0255. The SMILES string of the molecule is COc1ccc(C(=O)N=C2C=C(Cl)C(=O)c3ccccc32)cc1OC. The summed E-state index contributed by atoms with van der Waals surface area (Å²) in [5, 5.41) is 0.0255. The molecular weight excluding hydrogens is 342 g/mol. The Bertz CT molecular complexity index is 931. The van der Waals surface area contributed by atoms with Gasteiger partial charge in [0.05, 0.1) is 25.0 Å².